The number of rotatable bonds is 12. The van der Waals surface area contributed by atoms with Crippen LogP contribution in [0.2, 0.25) is 0 Å². The summed E-state index contributed by atoms with van der Waals surface area (Å²) in [5.41, 5.74) is 0. The first-order valence-corrected chi connectivity index (χ1v) is 10.1. The van der Waals surface area contributed by atoms with Gasteiger partial charge in [-0.05, 0) is 32.9 Å². The second-order valence-corrected chi connectivity index (χ2v) is 7.26. The lowest BCUT2D eigenvalue weighted by molar-refractivity contribution is 0.00867. The van der Waals surface area contributed by atoms with Crippen LogP contribution in [-0.4, -0.2) is 102 Å². The van der Waals surface area contributed by atoms with E-state index in [1.807, 2.05) is 0 Å². The fourth-order valence-corrected chi connectivity index (χ4v) is 3.10. The van der Waals surface area contributed by atoms with Crippen LogP contribution >= 0.6 is 24.0 Å². The highest BCUT2D eigenvalue weighted by atomic mass is 127. The lowest BCUT2D eigenvalue weighted by Gasteiger charge is -2.36. The molecule has 1 rings (SSSR count). The van der Waals surface area contributed by atoms with Crippen LogP contribution < -0.4 is 10.6 Å². The standard InChI is InChI=1S/C19H41N5O2.HI/c1-6-20-19(21-8-7-9-23(4)10-13-25-5)22-16-18(17(2)3)24-11-14-26-15-12-24;/h17-18H,6-16H2,1-5H3,(H2,20,21,22);1H. The average molecular weight is 499 g/mol. The highest BCUT2D eigenvalue weighted by molar-refractivity contribution is 14.0. The lowest BCUT2D eigenvalue weighted by Crippen LogP contribution is -2.48. The molecule has 0 bridgehead atoms. The number of halogens is 1. The van der Waals surface area contributed by atoms with Crippen LogP contribution in [0.1, 0.15) is 27.2 Å². The van der Waals surface area contributed by atoms with E-state index in [0.29, 0.717) is 12.0 Å². The van der Waals surface area contributed by atoms with E-state index in [9.17, 15) is 0 Å². The zero-order valence-electron chi connectivity index (χ0n) is 18.0. The van der Waals surface area contributed by atoms with Crippen molar-refractivity contribution >= 4 is 29.9 Å². The lowest BCUT2D eigenvalue weighted by atomic mass is 10.0. The number of ether oxygens (including phenoxy) is 2. The van der Waals surface area contributed by atoms with E-state index >= 15 is 0 Å². The van der Waals surface area contributed by atoms with Crippen molar-refractivity contribution in [3.63, 3.8) is 0 Å². The van der Waals surface area contributed by atoms with Gasteiger partial charge in [-0.1, -0.05) is 13.8 Å². The molecule has 27 heavy (non-hydrogen) atoms. The van der Waals surface area contributed by atoms with Crippen LogP contribution in [-0.2, 0) is 9.47 Å². The van der Waals surface area contributed by atoms with Crippen LogP contribution in [0.5, 0.6) is 0 Å². The van der Waals surface area contributed by atoms with E-state index in [4.69, 9.17) is 14.5 Å². The van der Waals surface area contributed by atoms with Crippen molar-refractivity contribution in [2.45, 2.75) is 33.2 Å². The molecule has 0 radical (unpaired) electrons. The van der Waals surface area contributed by atoms with Crippen molar-refractivity contribution in [1.29, 1.82) is 0 Å². The molecule has 1 unspecified atom stereocenters. The van der Waals surface area contributed by atoms with E-state index in [-0.39, 0.29) is 24.0 Å². The van der Waals surface area contributed by atoms with E-state index in [1.54, 1.807) is 7.11 Å². The first kappa shape index (κ1) is 26.8. The van der Waals surface area contributed by atoms with Gasteiger partial charge in [-0.3, -0.25) is 9.89 Å². The molecule has 0 saturated carbocycles. The van der Waals surface area contributed by atoms with E-state index in [2.05, 4.69) is 48.3 Å². The molecule has 0 spiro atoms. The molecule has 0 aromatic rings. The predicted octanol–water partition coefficient (Wildman–Crippen LogP) is 1.48. The van der Waals surface area contributed by atoms with Crippen molar-refractivity contribution in [3.05, 3.63) is 0 Å². The van der Waals surface area contributed by atoms with Gasteiger partial charge in [0, 0.05) is 45.9 Å². The minimum Gasteiger partial charge on any atom is -0.383 e. The summed E-state index contributed by atoms with van der Waals surface area (Å²) >= 11 is 0. The van der Waals surface area contributed by atoms with Gasteiger partial charge >= 0.3 is 0 Å². The number of nitrogens with zero attached hydrogens (tertiary/aromatic N) is 3. The Morgan fingerprint density at radius 1 is 1.22 bits per heavy atom. The van der Waals surface area contributed by atoms with Gasteiger partial charge in [0.25, 0.3) is 0 Å². The summed E-state index contributed by atoms with van der Waals surface area (Å²) < 4.78 is 10.6. The highest BCUT2D eigenvalue weighted by Gasteiger charge is 2.23. The summed E-state index contributed by atoms with van der Waals surface area (Å²) in [5, 5.41) is 6.83. The predicted molar refractivity (Wildman–Crippen MR) is 124 cm³/mol. The fourth-order valence-electron chi connectivity index (χ4n) is 3.10. The summed E-state index contributed by atoms with van der Waals surface area (Å²) in [4.78, 5) is 9.67. The fraction of sp³-hybridized carbons (Fsp3) is 0.947. The first-order valence-electron chi connectivity index (χ1n) is 10.1. The minimum atomic E-state index is 0. The Kier molecular flexibility index (Phi) is 16.7. The molecule has 8 heteroatoms. The van der Waals surface area contributed by atoms with Gasteiger partial charge in [-0.15, -0.1) is 24.0 Å². The minimum absolute atomic E-state index is 0. The number of morpholine rings is 1. The Balaban J connectivity index is 0.00000676. The molecular formula is C19H42IN5O2. The second-order valence-electron chi connectivity index (χ2n) is 7.26. The topological polar surface area (TPSA) is 61.4 Å². The van der Waals surface area contributed by atoms with Gasteiger partial charge in [0.05, 0.1) is 26.4 Å². The molecule has 1 atom stereocenters. The van der Waals surface area contributed by atoms with Gasteiger partial charge < -0.3 is 25.0 Å². The van der Waals surface area contributed by atoms with Crippen molar-refractivity contribution in [2.75, 3.05) is 79.8 Å². The van der Waals surface area contributed by atoms with Gasteiger partial charge in [0.15, 0.2) is 5.96 Å². The number of guanidine groups is 1. The van der Waals surface area contributed by atoms with Crippen LogP contribution in [0.3, 0.4) is 0 Å². The van der Waals surface area contributed by atoms with E-state index in [0.717, 1.165) is 78.0 Å². The summed E-state index contributed by atoms with van der Waals surface area (Å²) in [6, 6.07) is 0.467. The normalized spacial score (nSPS) is 17.1. The van der Waals surface area contributed by atoms with Crippen LogP contribution in [0.15, 0.2) is 4.99 Å². The Labute approximate surface area is 183 Å². The SMILES string of the molecule is CCNC(=NCC(C(C)C)N1CCOCC1)NCCCN(C)CCOC.I. The average Bonchev–Trinajstić information content (AvgIpc) is 2.64. The number of nitrogens with one attached hydrogen (secondary N) is 2. The first-order chi connectivity index (χ1) is 12.6. The van der Waals surface area contributed by atoms with Crippen molar-refractivity contribution < 1.29 is 9.47 Å². The summed E-state index contributed by atoms with van der Waals surface area (Å²) in [6.45, 7) is 15.8. The molecule has 0 aromatic carbocycles. The molecular weight excluding hydrogens is 457 g/mol. The summed E-state index contributed by atoms with van der Waals surface area (Å²) in [5.74, 6) is 1.50. The molecule has 1 aliphatic heterocycles. The van der Waals surface area contributed by atoms with Crippen molar-refractivity contribution in [2.24, 2.45) is 10.9 Å². The Bertz CT molecular complexity index is 379. The maximum atomic E-state index is 5.49. The van der Waals surface area contributed by atoms with Crippen LogP contribution in [0.4, 0.5) is 0 Å². The molecule has 7 nitrogen and oxygen atoms in total. The molecule has 1 fully saturated rings. The largest absolute Gasteiger partial charge is 0.383 e. The van der Waals surface area contributed by atoms with Gasteiger partial charge in [-0.2, -0.15) is 0 Å². The van der Waals surface area contributed by atoms with E-state index < -0.39 is 0 Å². The van der Waals surface area contributed by atoms with Crippen molar-refractivity contribution in [3.8, 4) is 0 Å². The molecule has 2 N–H and O–H groups in total. The Morgan fingerprint density at radius 2 is 1.93 bits per heavy atom. The maximum absolute atomic E-state index is 5.49. The number of hydrogen-bond acceptors (Lipinski definition) is 5. The number of likely N-dealkylation sites (N-methyl/N-ethyl adjacent to an activating group) is 1. The molecule has 1 saturated heterocycles. The van der Waals surface area contributed by atoms with Crippen LogP contribution in [0, 0.1) is 5.92 Å². The van der Waals surface area contributed by atoms with E-state index in [1.165, 1.54) is 0 Å². The third-order valence-corrected chi connectivity index (χ3v) is 4.75. The Hall–Kier alpha value is -0.160. The van der Waals surface area contributed by atoms with Gasteiger partial charge in [-0.25, -0.2) is 0 Å². The molecule has 1 heterocycles. The second kappa shape index (κ2) is 16.8. The quantitative estimate of drug-likeness (QED) is 0.184. The van der Waals surface area contributed by atoms with Gasteiger partial charge in [0.2, 0.25) is 0 Å². The summed E-state index contributed by atoms with van der Waals surface area (Å²) in [7, 11) is 3.88. The monoisotopic (exact) mass is 499 g/mol. The molecule has 0 amide bonds. The maximum Gasteiger partial charge on any atom is 0.191 e. The Morgan fingerprint density at radius 3 is 2.52 bits per heavy atom. The smallest absolute Gasteiger partial charge is 0.191 e. The van der Waals surface area contributed by atoms with Crippen molar-refractivity contribution in [1.82, 2.24) is 20.4 Å². The highest BCUT2D eigenvalue weighted by Crippen LogP contribution is 2.13. The van der Waals surface area contributed by atoms with Gasteiger partial charge in [0.1, 0.15) is 0 Å². The third kappa shape index (κ3) is 12.1. The summed E-state index contributed by atoms with van der Waals surface area (Å²) in [6.07, 6.45) is 1.09. The van der Waals surface area contributed by atoms with Crippen LogP contribution in [0.25, 0.3) is 0 Å². The number of aliphatic imine (C=N–C) groups is 1. The molecule has 0 aromatic heterocycles. The third-order valence-electron chi connectivity index (χ3n) is 4.75. The molecule has 1 aliphatic rings. The molecule has 162 valence electrons. The zero-order chi connectivity index (χ0) is 19.2. The zero-order valence-corrected chi connectivity index (χ0v) is 20.3. The number of hydrogen-bond donors (Lipinski definition) is 2. The molecule has 0 aliphatic carbocycles. The number of methoxy groups -OCH3 is 1.